The number of rotatable bonds is 6. The number of nitrogens with zero attached hydrogens (tertiary/aromatic N) is 4. The van der Waals surface area contributed by atoms with Crippen LogP contribution in [0.15, 0.2) is 36.9 Å². The number of carbonyl (C=O) groups is 2. The van der Waals surface area contributed by atoms with Crippen LogP contribution in [-0.2, 0) is 17.8 Å². The molecule has 3 rings (SSSR count). The van der Waals surface area contributed by atoms with Crippen molar-refractivity contribution >= 4 is 11.9 Å². The van der Waals surface area contributed by atoms with E-state index < -0.39 is 5.97 Å². The van der Waals surface area contributed by atoms with Crippen molar-refractivity contribution in [3.63, 3.8) is 0 Å². The minimum absolute atomic E-state index is 0.147. The van der Waals surface area contributed by atoms with Crippen LogP contribution in [0.4, 0.5) is 0 Å². The van der Waals surface area contributed by atoms with Gasteiger partial charge < -0.3 is 10.0 Å². The lowest BCUT2D eigenvalue weighted by atomic mass is 9.98. The molecule has 0 saturated carbocycles. The number of carbonyl (C=O) groups excluding carboxylic acids is 1. The Morgan fingerprint density at radius 1 is 1.25 bits per heavy atom. The molecule has 1 aliphatic rings. The van der Waals surface area contributed by atoms with Crippen molar-refractivity contribution in [2.45, 2.75) is 25.8 Å². The van der Waals surface area contributed by atoms with Gasteiger partial charge in [0.05, 0.1) is 12.1 Å². The quantitative estimate of drug-likeness (QED) is 0.867. The van der Waals surface area contributed by atoms with Gasteiger partial charge in [-0.2, -0.15) is 5.10 Å². The maximum Gasteiger partial charge on any atom is 0.335 e. The highest BCUT2D eigenvalue weighted by Gasteiger charge is 2.26. The monoisotopic (exact) mass is 328 g/mol. The van der Waals surface area contributed by atoms with Crippen LogP contribution in [-0.4, -0.2) is 49.7 Å². The number of likely N-dealkylation sites (tertiary alicyclic amines) is 1. The highest BCUT2D eigenvalue weighted by atomic mass is 16.4. The number of hydrogen-bond acceptors (Lipinski definition) is 4. The smallest absolute Gasteiger partial charge is 0.335 e. The molecular weight excluding hydrogens is 308 g/mol. The fraction of sp³-hybridized carbons (Fsp3) is 0.412. The minimum Gasteiger partial charge on any atom is -0.478 e. The van der Waals surface area contributed by atoms with Crippen molar-refractivity contribution in [2.75, 3.05) is 13.1 Å². The first kappa shape index (κ1) is 16.2. The summed E-state index contributed by atoms with van der Waals surface area (Å²) in [7, 11) is 0. The van der Waals surface area contributed by atoms with E-state index in [9.17, 15) is 9.59 Å². The van der Waals surface area contributed by atoms with Gasteiger partial charge in [-0.15, -0.1) is 0 Å². The van der Waals surface area contributed by atoms with Gasteiger partial charge >= 0.3 is 5.97 Å². The van der Waals surface area contributed by atoms with Crippen LogP contribution >= 0.6 is 0 Å². The molecule has 1 atom stereocenters. The lowest BCUT2D eigenvalue weighted by molar-refractivity contribution is -0.130. The fourth-order valence-electron chi connectivity index (χ4n) is 3.06. The van der Waals surface area contributed by atoms with E-state index in [1.165, 1.54) is 6.33 Å². The third kappa shape index (κ3) is 3.98. The first-order valence-electron chi connectivity index (χ1n) is 8.04. The van der Waals surface area contributed by atoms with Crippen molar-refractivity contribution in [1.29, 1.82) is 0 Å². The molecule has 2 heterocycles. The molecule has 1 aliphatic heterocycles. The molecule has 1 saturated heterocycles. The van der Waals surface area contributed by atoms with E-state index in [0.717, 1.165) is 31.5 Å². The maximum absolute atomic E-state index is 12.3. The van der Waals surface area contributed by atoms with Gasteiger partial charge in [0, 0.05) is 19.5 Å². The molecule has 1 N–H and O–H groups in total. The second kappa shape index (κ2) is 7.25. The average Bonchev–Trinajstić information content (AvgIpc) is 3.25. The Hall–Kier alpha value is -2.70. The third-order valence-electron chi connectivity index (χ3n) is 4.39. The number of hydrogen-bond donors (Lipinski definition) is 1. The molecule has 1 aromatic heterocycles. The van der Waals surface area contributed by atoms with Crippen LogP contribution in [0.5, 0.6) is 0 Å². The van der Waals surface area contributed by atoms with Gasteiger partial charge in [-0.25, -0.2) is 9.78 Å². The highest BCUT2D eigenvalue weighted by molar-refractivity contribution is 5.87. The van der Waals surface area contributed by atoms with E-state index in [1.54, 1.807) is 23.1 Å². The summed E-state index contributed by atoms with van der Waals surface area (Å²) in [5.41, 5.74) is 1.41. The van der Waals surface area contributed by atoms with Crippen LogP contribution in [0.3, 0.4) is 0 Å². The van der Waals surface area contributed by atoms with Gasteiger partial charge in [0.15, 0.2) is 0 Å². The van der Waals surface area contributed by atoms with Crippen molar-refractivity contribution in [1.82, 2.24) is 19.7 Å². The second-order valence-corrected chi connectivity index (χ2v) is 6.11. The third-order valence-corrected chi connectivity index (χ3v) is 4.39. The minimum atomic E-state index is -0.911. The molecule has 0 radical (unpaired) electrons. The standard InChI is InChI=1S/C17H20N4O3/c22-16(6-8-21-12-18-11-19-21)20-7-5-14(10-20)9-13-1-3-15(4-2-13)17(23)24/h1-4,11-12,14H,5-10H2,(H,23,24). The van der Waals surface area contributed by atoms with E-state index in [-0.39, 0.29) is 5.91 Å². The summed E-state index contributed by atoms with van der Waals surface area (Å²) in [6.45, 7) is 2.10. The topological polar surface area (TPSA) is 88.3 Å². The van der Waals surface area contributed by atoms with Crippen LogP contribution in [0.25, 0.3) is 0 Å². The molecule has 1 aromatic carbocycles. The molecule has 24 heavy (non-hydrogen) atoms. The number of aromatic carboxylic acids is 1. The normalized spacial score (nSPS) is 17.2. The van der Waals surface area contributed by atoms with Crippen LogP contribution in [0, 0.1) is 5.92 Å². The van der Waals surface area contributed by atoms with Gasteiger partial charge in [0.25, 0.3) is 0 Å². The first-order valence-corrected chi connectivity index (χ1v) is 8.04. The summed E-state index contributed by atoms with van der Waals surface area (Å²) in [5.74, 6) is -0.336. The predicted octanol–water partition coefficient (Wildman–Crippen LogP) is 1.46. The summed E-state index contributed by atoms with van der Waals surface area (Å²) >= 11 is 0. The van der Waals surface area contributed by atoms with E-state index in [0.29, 0.717) is 24.4 Å². The molecule has 7 heteroatoms. The van der Waals surface area contributed by atoms with Crippen molar-refractivity contribution in [3.05, 3.63) is 48.0 Å². The number of aryl methyl sites for hydroxylation is 1. The summed E-state index contributed by atoms with van der Waals surface area (Å²) in [6, 6.07) is 6.98. The van der Waals surface area contributed by atoms with E-state index in [4.69, 9.17) is 5.11 Å². The zero-order valence-corrected chi connectivity index (χ0v) is 13.3. The van der Waals surface area contributed by atoms with Crippen LogP contribution < -0.4 is 0 Å². The average molecular weight is 328 g/mol. The molecule has 0 spiro atoms. The molecule has 1 unspecified atom stereocenters. The van der Waals surface area contributed by atoms with E-state index in [2.05, 4.69) is 10.1 Å². The maximum atomic E-state index is 12.3. The van der Waals surface area contributed by atoms with Crippen LogP contribution in [0.1, 0.15) is 28.8 Å². The van der Waals surface area contributed by atoms with Gasteiger partial charge in [0.2, 0.25) is 5.91 Å². The highest BCUT2D eigenvalue weighted by Crippen LogP contribution is 2.22. The number of carboxylic acids is 1. The van der Waals surface area contributed by atoms with Gasteiger partial charge in [-0.05, 0) is 36.5 Å². The summed E-state index contributed by atoms with van der Waals surface area (Å²) in [5, 5.41) is 12.9. The number of amides is 1. The Morgan fingerprint density at radius 2 is 2.04 bits per heavy atom. The van der Waals surface area contributed by atoms with Crippen LogP contribution in [0.2, 0.25) is 0 Å². The lowest BCUT2D eigenvalue weighted by Crippen LogP contribution is -2.29. The number of carboxylic acid groups (broad SMARTS) is 1. The Kier molecular flexibility index (Phi) is 4.88. The first-order chi connectivity index (χ1) is 11.6. The molecule has 1 amide bonds. The second-order valence-electron chi connectivity index (χ2n) is 6.11. The van der Waals surface area contributed by atoms with Crippen molar-refractivity contribution in [2.24, 2.45) is 5.92 Å². The van der Waals surface area contributed by atoms with E-state index >= 15 is 0 Å². The summed E-state index contributed by atoms with van der Waals surface area (Å²) in [6.07, 6.45) is 5.36. The Labute approximate surface area is 139 Å². The Balaban J connectivity index is 1.47. The Bertz CT molecular complexity index is 697. The predicted molar refractivity (Wildman–Crippen MR) is 86.4 cm³/mol. The van der Waals surface area contributed by atoms with Gasteiger partial charge in [0.1, 0.15) is 12.7 Å². The van der Waals surface area contributed by atoms with Gasteiger partial charge in [-0.1, -0.05) is 12.1 Å². The largest absolute Gasteiger partial charge is 0.478 e. The zero-order chi connectivity index (χ0) is 16.9. The summed E-state index contributed by atoms with van der Waals surface area (Å²) in [4.78, 5) is 28.9. The number of benzene rings is 1. The molecule has 1 fully saturated rings. The summed E-state index contributed by atoms with van der Waals surface area (Å²) < 4.78 is 1.66. The lowest BCUT2D eigenvalue weighted by Gasteiger charge is -2.16. The SMILES string of the molecule is O=C(O)c1ccc(CC2CCN(C(=O)CCn3cncn3)C2)cc1. The van der Waals surface area contributed by atoms with Gasteiger partial charge in [-0.3, -0.25) is 9.48 Å². The molecule has 126 valence electrons. The molecular formula is C17H20N4O3. The van der Waals surface area contributed by atoms with E-state index in [1.807, 2.05) is 17.0 Å². The molecule has 7 nitrogen and oxygen atoms in total. The Morgan fingerprint density at radius 3 is 2.71 bits per heavy atom. The molecule has 2 aromatic rings. The van der Waals surface area contributed by atoms with Crippen molar-refractivity contribution < 1.29 is 14.7 Å². The number of aromatic nitrogens is 3. The molecule has 0 bridgehead atoms. The zero-order valence-electron chi connectivity index (χ0n) is 13.3. The van der Waals surface area contributed by atoms with Crippen molar-refractivity contribution in [3.8, 4) is 0 Å². The molecule has 0 aliphatic carbocycles. The fourth-order valence-corrected chi connectivity index (χ4v) is 3.06.